The van der Waals surface area contributed by atoms with Crippen LogP contribution in [-0.2, 0) is 4.84 Å². The van der Waals surface area contributed by atoms with Gasteiger partial charge in [0.1, 0.15) is 0 Å². The van der Waals surface area contributed by atoms with Crippen molar-refractivity contribution in [1.29, 1.82) is 0 Å². The van der Waals surface area contributed by atoms with Gasteiger partial charge in [-0.2, -0.15) is 10.5 Å². The van der Waals surface area contributed by atoms with Crippen molar-refractivity contribution in [2.75, 3.05) is 19.7 Å². The minimum absolute atomic E-state index is 0.0347. The lowest BCUT2D eigenvalue weighted by Crippen LogP contribution is -2.24. The first kappa shape index (κ1) is 11.0. The van der Waals surface area contributed by atoms with Crippen LogP contribution in [0.4, 0.5) is 4.79 Å². The van der Waals surface area contributed by atoms with E-state index in [-0.39, 0.29) is 6.61 Å². The zero-order valence-corrected chi connectivity index (χ0v) is 6.69. The topological polar surface area (TPSA) is 96.9 Å². The van der Waals surface area contributed by atoms with Crippen molar-refractivity contribution >= 4 is 12.3 Å². The zero-order chi connectivity index (χ0) is 9.23. The number of carbonyl (C=O) groups excluding carboxylic acids is 1. The molecule has 0 spiro atoms. The molecule has 0 bridgehead atoms. The third-order valence-electron chi connectivity index (χ3n) is 0.861. The maximum atomic E-state index is 10.6. The van der Waals surface area contributed by atoms with E-state index in [2.05, 4.69) is 15.3 Å². The summed E-state index contributed by atoms with van der Waals surface area (Å²) in [6.07, 6.45) is 0.884. The fraction of sp³-hybridized carbons (Fsp3) is 0.667. The van der Waals surface area contributed by atoms with Crippen molar-refractivity contribution in [3.63, 3.8) is 0 Å². The van der Waals surface area contributed by atoms with Gasteiger partial charge in [0, 0.05) is 32.3 Å². The van der Waals surface area contributed by atoms with Gasteiger partial charge in [0.2, 0.25) is 0 Å². The van der Waals surface area contributed by atoms with Crippen LogP contribution in [0.5, 0.6) is 0 Å². The molecule has 0 aromatic heterocycles. The molecule has 0 aliphatic heterocycles. The largest absolute Gasteiger partial charge is 0.452 e. The highest BCUT2D eigenvalue weighted by Crippen LogP contribution is 1.79. The molecule has 12 heavy (non-hydrogen) atoms. The quantitative estimate of drug-likeness (QED) is 0.284. The first-order valence-electron chi connectivity index (χ1n) is 3.58. The monoisotopic (exact) mass is 175 g/mol. The minimum atomic E-state index is -0.739. The molecular weight excluding hydrogens is 162 g/mol. The third-order valence-corrected chi connectivity index (χ3v) is 0.861. The van der Waals surface area contributed by atoms with Crippen molar-refractivity contribution in [2.24, 2.45) is 10.7 Å². The number of aliphatic imine (C=N–C) groups is 1. The number of amides is 1. The van der Waals surface area contributed by atoms with Crippen molar-refractivity contribution in [3.8, 4) is 0 Å². The highest BCUT2D eigenvalue weighted by Gasteiger charge is 1.95. The molecule has 0 aliphatic carbocycles. The number of carbonyl (C=O) groups is 1. The summed E-state index contributed by atoms with van der Waals surface area (Å²) in [5.41, 5.74) is 7.42. The van der Waals surface area contributed by atoms with E-state index in [9.17, 15) is 4.79 Å². The summed E-state index contributed by atoms with van der Waals surface area (Å²) in [5.74, 6) is 0. The van der Waals surface area contributed by atoms with Crippen LogP contribution in [0.2, 0.25) is 0 Å². The SMILES string of the molecule is NCCNOC(=O)N=CCCO. The molecule has 6 heteroatoms. The van der Waals surface area contributed by atoms with E-state index >= 15 is 0 Å². The third kappa shape index (κ3) is 7.13. The Balaban J connectivity index is 3.33. The van der Waals surface area contributed by atoms with E-state index in [1.54, 1.807) is 0 Å². The van der Waals surface area contributed by atoms with Crippen LogP contribution in [0.1, 0.15) is 6.42 Å². The number of nitrogens with zero attached hydrogens (tertiary/aromatic N) is 1. The molecule has 0 rings (SSSR count). The van der Waals surface area contributed by atoms with Gasteiger partial charge >= 0.3 is 6.09 Å². The molecule has 0 saturated heterocycles. The van der Waals surface area contributed by atoms with Crippen LogP contribution in [0.15, 0.2) is 4.99 Å². The van der Waals surface area contributed by atoms with Crippen LogP contribution >= 0.6 is 0 Å². The molecule has 0 radical (unpaired) electrons. The fourth-order valence-corrected chi connectivity index (χ4v) is 0.395. The lowest BCUT2D eigenvalue weighted by atomic mass is 10.5. The molecule has 0 atom stereocenters. The predicted octanol–water partition coefficient (Wildman–Crippen LogP) is -0.961. The second-order valence-electron chi connectivity index (χ2n) is 1.87. The smallest absolute Gasteiger partial charge is 0.396 e. The fourth-order valence-electron chi connectivity index (χ4n) is 0.395. The first-order valence-corrected chi connectivity index (χ1v) is 3.58. The molecular formula is C6H13N3O3. The number of hydrogen-bond acceptors (Lipinski definition) is 5. The van der Waals surface area contributed by atoms with Gasteiger partial charge < -0.3 is 15.7 Å². The number of hydrogen-bond donors (Lipinski definition) is 3. The van der Waals surface area contributed by atoms with Crippen molar-refractivity contribution < 1.29 is 14.7 Å². The molecule has 6 nitrogen and oxygen atoms in total. The number of hydroxylamine groups is 1. The minimum Gasteiger partial charge on any atom is -0.396 e. The van der Waals surface area contributed by atoms with Gasteiger partial charge in [0.15, 0.2) is 0 Å². The molecule has 0 heterocycles. The van der Waals surface area contributed by atoms with E-state index in [1.165, 1.54) is 6.21 Å². The predicted molar refractivity (Wildman–Crippen MR) is 43.7 cm³/mol. The molecule has 4 N–H and O–H groups in total. The second-order valence-corrected chi connectivity index (χ2v) is 1.87. The van der Waals surface area contributed by atoms with Crippen molar-refractivity contribution in [2.45, 2.75) is 6.42 Å². The molecule has 1 amide bonds. The molecule has 0 fully saturated rings. The maximum Gasteiger partial charge on any atom is 0.452 e. The van der Waals surface area contributed by atoms with E-state index in [0.717, 1.165) is 0 Å². The Kier molecular flexibility index (Phi) is 7.46. The van der Waals surface area contributed by atoms with Crippen molar-refractivity contribution in [3.05, 3.63) is 0 Å². The standard InChI is InChI=1S/C6H13N3O3/c7-2-4-9-12-6(11)8-3-1-5-10/h3,9-10H,1-2,4-5,7H2. The highest BCUT2D eigenvalue weighted by atomic mass is 16.7. The highest BCUT2D eigenvalue weighted by molar-refractivity contribution is 5.78. The average Bonchev–Trinajstić information content (AvgIpc) is 2.06. The van der Waals surface area contributed by atoms with E-state index in [1.807, 2.05) is 0 Å². The Hall–Kier alpha value is -0.980. The average molecular weight is 175 g/mol. The summed E-state index contributed by atoms with van der Waals surface area (Å²) in [4.78, 5) is 18.3. The summed E-state index contributed by atoms with van der Waals surface area (Å²) in [6, 6.07) is 0. The molecule has 0 aromatic carbocycles. The van der Waals surface area contributed by atoms with Crippen molar-refractivity contribution in [1.82, 2.24) is 5.48 Å². The molecule has 0 unspecified atom stereocenters. The molecule has 0 saturated carbocycles. The van der Waals surface area contributed by atoms with E-state index < -0.39 is 6.09 Å². The van der Waals surface area contributed by atoms with Gasteiger partial charge in [0.25, 0.3) is 0 Å². The van der Waals surface area contributed by atoms with Gasteiger partial charge in [-0.25, -0.2) is 4.79 Å². The molecule has 70 valence electrons. The second kappa shape index (κ2) is 8.12. The Morgan fingerprint density at radius 1 is 1.75 bits per heavy atom. The lowest BCUT2D eigenvalue weighted by molar-refractivity contribution is 0.101. The van der Waals surface area contributed by atoms with E-state index in [0.29, 0.717) is 19.5 Å². The Morgan fingerprint density at radius 3 is 3.08 bits per heavy atom. The summed E-state index contributed by atoms with van der Waals surface area (Å²) in [7, 11) is 0. The number of aliphatic hydroxyl groups excluding tert-OH is 1. The summed E-state index contributed by atoms with van der Waals surface area (Å²) in [5, 5.41) is 8.32. The summed E-state index contributed by atoms with van der Waals surface area (Å²) in [6.45, 7) is 0.738. The Morgan fingerprint density at radius 2 is 2.50 bits per heavy atom. The number of nitrogens with two attached hydrogens (primary N) is 1. The Bertz CT molecular complexity index is 149. The van der Waals surface area contributed by atoms with Gasteiger partial charge in [-0.1, -0.05) is 0 Å². The van der Waals surface area contributed by atoms with Gasteiger partial charge in [0.05, 0.1) is 0 Å². The van der Waals surface area contributed by atoms with Crippen LogP contribution in [-0.4, -0.2) is 37.1 Å². The van der Waals surface area contributed by atoms with Crippen LogP contribution in [0.25, 0.3) is 0 Å². The Labute approximate surface area is 70.4 Å². The summed E-state index contributed by atoms with van der Waals surface area (Å²) >= 11 is 0. The van der Waals surface area contributed by atoms with Crippen LogP contribution < -0.4 is 11.2 Å². The van der Waals surface area contributed by atoms with E-state index in [4.69, 9.17) is 10.8 Å². The number of rotatable bonds is 5. The molecule has 0 aromatic rings. The normalized spacial score (nSPS) is 10.5. The van der Waals surface area contributed by atoms with Gasteiger partial charge in [-0.15, -0.1) is 0 Å². The molecule has 0 aliphatic rings. The number of nitrogens with one attached hydrogen (secondary N) is 1. The maximum absolute atomic E-state index is 10.6. The summed E-state index contributed by atoms with van der Waals surface area (Å²) < 4.78 is 0. The first-order chi connectivity index (χ1) is 5.81. The lowest BCUT2D eigenvalue weighted by Gasteiger charge is -1.98. The van der Waals surface area contributed by atoms with Gasteiger partial charge in [-0.3, -0.25) is 0 Å². The number of aliphatic hydroxyl groups is 1. The van der Waals surface area contributed by atoms with Crippen LogP contribution in [0, 0.1) is 0 Å². The van der Waals surface area contributed by atoms with Gasteiger partial charge in [-0.05, 0) is 0 Å². The zero-order valence-electron chi connectivity index (χ0n) is 6.69. The van der Waals surface area contributed by atoms with Crippen LogP contribution in [0.3, 0.4) is 0 Å².